The van der Waals surface area contributed by atoms with E-state index in [4.69, 9.17) is 0 Å². The summed E-state index contributed by atoms with van der Waals surface area (Å²) >= 11 is 0. The molecule has 0 radical (unpaired) electrons. The van der Waals surface area contributed by atoms with Gasteiger partial charge in [0.05, 0.1) is 5.56 Å². The smallest absolute Gasteiger partial charge is 0.153 e. The van der Waals surface area contributed by atoms with E-state index in [9.17, 15) is 13.6 Å². The quantitative estimate of drug-likeness (QED) is 0.791. The topological polar surface area (TPSA) is 34.9 Å². The average Bonchev–Trinajstić information content (AvgIpc) is 2.84. The van der Waals surface area contributed by atoms with E-state index in [-0.39, 0.29) is 22.9 Å². The predicted octanol–water partition coefficient (Wildman–Crippen LogP) is 3.61. The third-order valence-corrected chi connectivity index (χ3v) is 3.11. The summed E-state index contributed by atoms with van der Waals surface area (Å²) < 4.78 is 28.5. The van der Waals surface area contributed by atoms with Crippen molar-refractivity contribution >= 4 is 6.29 Å². The number of carbonyl (C=O) groups is 1. The zero-order valence-corrected chi connectivity index (χ0v) is 10.7. The third kappa shape index (κ3) is 2.54. The first-order valence-electron chi connectivity index (χ1n) is 6.06. The monoisotopic (exact) mass is 264 g/mol. The molecule has 1 atom stereocenters. The molecule has 0 aliphatic heterocycles. The molecule has 3 nitrogen and oxygen atoms in total. The second-order valence-electron chi connectivity index (χ2n) is 4.41. The molecule has 5 heteroatoms. The number of hydrogen-bond donors (Lipinski definition) is 0. The Morgan fingerprint density at radius 3 is 2.79 bits per heavy atom. The lowest BCUT2D eigenvalue weighted by atomic mass is 10.1. The van der Waals surface area contributed by atoms with Gasteiger partial charge in [-0.15, -0.1) is 0 Å². The van der Waals surface area contributed by atoms with Gasteiger partial charge in [0.25, 0.3) is 0 Å². The van der Waals surface area contributed by atoms with Crippen molar-refractivity contribution in [2.45, 2.75) is 26.3 Å². The highest BCUT2D eigenvalue weighted by molar-refractivity contribution is 5.85. The van der Waals surface area contributed by atoms with E-state index in [1.165, 1.54) is 0 Å². The second-order valence-corrected chi connectivity index (χ2v) is 4.41. The minimum Gasteiger partial charge on any atom is -0.298 e. The average molecular weight is 264 g/mol. The predicted molar refractivity (Wildman–Crippen MR) is 68.0 cm³/mol. The Kier molecular flexibility index (Phi) is 3.74. The summed E-state index contributed by atoms with van der Waals surface area (Å²) in [4.78, 5) is 11.1. The molecule has 1 aromatic carbocycles. The zero-order chi connectivity index (χ0) is 14.0. The number of carbonyl (C=O) groups excluding carboxylic acids is 1. The van der Waals surface area contributed by atoms with Crippen LogP contribution in [0.5, 0.6) is 0 Å². The van der Waals surface area contributed by atoms with Crippen molar-refractivity contribution in [1.29, 1.82) is 0 Å². The van der Waals surface area contributed by atoms with Crippen molar-refractivity contribution in [3.63, 3.8) is 0 Å². The largest absolute Gasteiger partial charge is 0.298 e. The number of aromatic nitrogens is 2. The van der Waals surface area contributed by atoms with Crippen molar-refractivity contribution in [1.82, 2.24) is 9.78 Å². The van der Waals surface area contributed by atoms with Crippen LogP contribution in [0.25, 0.3) is 11.3 Å². The first-order valence-corrected chi connectivity index (χ1v) is 6.06. The molecule has 0 saturated heterocycles. The van der Waals surface area contributed by atoms with Gasteiger partial charge in [-0.3, -0.25) is 9.48 Å². The van der Waals surface area contributed by atoms with Gasteiger partial charge >= 0.3 is 0 Å². The van der Waals surface area contributed by atoms with Crippen molar-refractivity contribution < 1.29 is 13.6 Å². The summed E-state index contributed by atoms with van der Waals surface area (Å²) in [5.41, 5.74) is 0.432. The Morgan fingerprint density at radius 2 is 2.16 bits per heavy atom. The van der Waals surface area contributed by atoms with Gasteiger partial charge in [0, 0.05) is 17.8 Å². The summed E-state index contributed by atoms with van der Waals surface area (Å²) in [6, 6.07) is 3.20. The minimum atomic E-state index is -0.598. The fraction of sp³-hybridized carbons (Fsp3) is 0.286. The van der Waals surface area contributed by atoms with E-state index >= 15 is 0 Å². The number of benzene rings is 1. The molecule has 2 aromatic rings. The SMILES string of the molecule is CCC(C)n1cc(C=O)c(-c2cc(F)ccc2F)n1. The highest BCUT2D eigenvalue weighted by atomic mass is 19.1. The molecule has 1 heterocycles. The van der Waals surface area contributed by atoms with Gasteiger partial charge in [-0.05, 0) is 31.5 Å². The van der Waals surface area contributed by atoms with Crippen LogP contribution in [0.4, 0.5) is 8.78 Å². The molecule has 0 spiro atoms. The van der Waals surface area contributed by atoms with Crippen LogP contribution in [0, 0.1) is 11.6 Å². The van der Waals surface area contributed by atoms with Crippen molar-refractivity contribution in [2.75, 3.05) is 0 Å². The minimum absolute atomic E-state index is 0.00385. The van der Waals surface area contributed by atoms with Gasteiger partial charge in [-0.1, -0.05) is 6.92 Å². The summed E-state index contributed by atoms with van der Waals surface area (Å²) in [6.45, 7) is 3.92. The molecule has 19 heavy (non-hydrogen) atoms. The number of aldehydes is 1. The van der Waals surface area contributed by atoms with Crippen LogP contribution < -0.4 is 0 Å². The van der Waals surface area contributed by atoms with Gasteiger partial charge in [-0.25, -0.2) is 8.78 Å². The summed E-state index contributed by atoms with van der Waals surface area (Å²) in [7, 11) is 0. The molecular weight excluding hydrogens is 250 g/mol. The summed E-state index contributed by atoms with van der Waals surface area (Å²) in [5, 5.41) is 4.20. The molecule has 2 rings (SSSR count). The molecule has 1 aromatic heterocycles. The van der Waals surface area contributed by atoms with Crippen LogP contribution in [-0.2, 0) is 0 Å². The molecule has 0 amide bonds. The first-order chi connectivity index (χ1) is 9.06. The highest BCUT2D eigenvalue weighted by Gasteiger charge is 2.17. The molecule has 0 bridgehead atoms. The number of halogens is 2. The summed E-state index contributed by atoms with van der Waals surface area (Å²) in [6.07, 6.45) is 2.98. The molecule has 0 N–H and O–H groups in total. The van der Waals surface area contributed by atoms with Crippen LogP contribution in [0.1, 0.15) is 36.7 Å². The van der Waals surface area contributed by atoms with Gasteiger partial charge in [-0.2, -0.15) is 5.10 Å². The van der Waals surface area contributed by atoms with Crippen LogP contribution in [0.15, 0.2) is 24.4 Å². The molecule has 0 aliphatic rings. The van der Waals surface area contributed by atoms with Gasteiger partial charge in [0.2, 0.25) is 0 Å². The molecule has 1 unspecified atom stereocenters. The number of nitrogens with zero attached hydrogens (tertiary/aromatic N) is 2. The van der Waals surface area contributed by atoms with E-state index in [0.717, 1.165) is 24.6 Å². The molecule has 0 saturated carbocycles. The van der Waals surface area contributed by atoms with E-state index < -0.39 is 11.6 Å². The molecule has 100 valence electrons. The Morgan fingerprint density at radius 1 is 1.42 bits per heavy atom. The van der Waals surface area contributed by atoms with Crippen molar-refractivity contribution in [2.24, 2.45) is 0 Å². The highest BCUT2D eigenvalue weighted by Crippen LogP contribution is 2.26. The fourth-order valence-electron chi connectivity index (χ4n) is 1.79. The molecular formula is C14H14F2N2O. The lowest BCUT2D eigenvalue weighted by molar-refractivity contribution is 0.112. The first kappa shape index (κ1) is 13.4. The lowest BCUT2D eigenvalue weighted by Crippen LogP contribution is -2.04. The maximum Gasteiger partial charge on any atom is 0.153 e. The van der Waals surface area contributed by atoms with Gasteiger partial charge in [0.15, 0.2) is 6.29 Å². The number of rotatable bonds is 4. The normalized spacial score (nSPS) is 12.4. The zero-order valence-electron chi connectivity index (χ0n) is 10.7. The van der Waals surface area contributed by atoms with E-state index in [0.29, 0.717) is 6.29 Å². The Balaban J connectivity index is 2.57. The van der Waals surface area contributed by atoms with E-state index in [2.05, 4.69) is 5.10 Å². The summed E-state index contributed by atoms with van der Waals surface area (Å²) in [5.74, 6) is -1.16. The van der Waals surface area contributed by atoms with Crippen LogP contribution in [0.3, 0.4) is 0 Å². The molecule has 0 fully saturated rings. The van der Waals surface area contributed by atoms with Gasteiger partial charge < -0.3 is 0 Å². The van der Waals surface area contributed by atoms with Crippen molar-refractivity contribution in [3.8, 4) is 11.3 Å². The van der Waals surface area contributed by atoms with Crippen LogP contribution in [-0.4, -0.2) is 16.1 Å². The Bertz CT molecular complexity index is 607. The van der Waals surface area contributed by atoms with Crippen LogP contribution >= 0.6 is 0 Å². The maximum atomic E-state index is 13.7. The van der Waals surface area contributed by atoms with Crippen LogP contribution in [0.2, 0.25) is 0 Å². The Labute approximate surface area is 109 Å². The number of hydrogen-bond acceptors (Lipinski definition) is 2. The fourth-order valence-corrected chi connectivity index (χ4v) is 1.79. The van der Waals surface area contributed by atoms with E-state index in [1.807, 2.05) is 13.8 Å². The maximum absolute atomic E-state index is 13.7. The lowest BCUT2D eigenvalue weighted by Gasteiger charge is -2.08. The third-order valence-electron chi connectivity index (χ3n) is 3.11. The molecule has 0 aliphatic carbocycles. The van der Waals surface area contributed by atoms with Crippen molar-refractivity contribution in [3.05, 3.63) is 41.6 Å². The Hall–Kier alpha value is -2.04. The second kappa shape index (κ2) is 5.30. The standard InChI is InChI=1S/C14H14F2N2O/c1-3-9(2)18-7-10(8-19)14(17-18)12-6-11(15)4-5-13(12)16/h4-9H,3H2,1-2H3. The van der Waals surface area contributed by atoms with E-state index in [1.54, 1.807) is 10.9 Å². The van der Waals surface area contributed by atoms with Gasteiger partial charge in [0.1, 0.15) is 17.3 Å².